The molecular weight excluding hydrogens is 440 g/mol. The van der Waals surface area contributed by atoms with Crippen molar-refractivity contribution in [2.24, 2.45) is 5.73 Å². The molecule has 1 unspecified atom stereocenters. The van der Waals surface area contributed by atoms with Gasteiger partial charge in [-0.15, -0.1) is 0 Å². The lowest BCUT2D eigenvalue weighted by Crippen LogP contribution is -2.47. The molecule has 2 aromatic rings. The third-order valence-corrected chi connectivity index (χ3v) is 5.94. The third-order valence-electron chi connectivity index (χ3n) is 5.94. The summed E-state index contributed by atoms with van der Waals surface area (Å²) in [6.45, 7) is 3.41. The molecule has 2 aliphatic rings. The summed E-state index contributed by atoms with van der Waals surface area (Å²) in [5, 5.41) is 14.7. The summed E-state index contributed by atoms with van der Waals surface area (Å²) in [4.78, 5) is 43.8. The van der Waals surface area contributed by atoms with Gasteiger partial charge in [0.1, 0.15) is 5.82 Å². The van der Waals surface area contributed by atoms with Crippen molar-refractivity contribution in [2.75, 3.05) is 49.6 Å². The molecule has 0 radical (unpaired) electrons. The van der Waals surface area contributed by atoms with Crippen LogP contribution in [0.2, 0.25) is 0 Å². The average molecular weight is 469 g/mol. The van der Waals surface area contributed by atoms with Gasteiger partial charge in [0.05, 0.1) is 24.5 Å². The summed E-state index contributed by atoms with van der Waals surface area (Å²) >= 11 is 0. The highest BCUT2D eigenvalue weighted by Crippen LogP contribution is 2.27. The van der Waals surface area contributed by atoms with Crippen LogP contribution in [0.3, 0.4) is 0 Å². The topological polar surface area (TPSA) is 150 Å². The zero-order valence-corrected chi connectivity index (χ0v) is 18.7. The van der Waals surface area contributed by atoms with Gasteiger partial charge in [-0.25, -0.2) is 9.78 Å². The van der Waals surface area contributed by atoms with E-state index in [0.717, 1.165) is 19.4 Å². The van der Waals surface area contributed by atoms with E-state index in [1.165, 1.54) is 6.20 Å². The summed E-state index contributed by atoms with van der Waals surface area (Å²) in [5.74, 6) is -0.0540. The lowest BCUT2D eigenvalue weighted by atomic mass is 10.1. The molecule has 1 aromatic heterocycles. The Morgan fingerprint density at radius 2 is 1.85 bits per heavy atom. The summed E-state index contributed by atoms with van der Waals surface area (Å²) < 4.78 is 5.30. The van der Waals surface area contributed by atoms with Gasteiger partial charge in [0.15, 0.2) is 0 Å². The number of morpholine rings is 1. The fourth-order valence-electron chi connectivity index (χ4n) is 4.20. The van der Waals surface area contributed by atoms with E-state index in [0.29, 0.717) is 55.6 Å². The summed E-state index contributed by atoms with van der Waals surface area (Å²) in [6, 6.07) is 8.55. The van der Waals surface area contributed by atoms with Crippen LogP contribution in [0, 0.1) is 0 Å². The van der Waals surface area contributed by atoms with Gasteiger partial charge in [-0.1, -0.05) is 0 Å². The van der Waals surface area contributed by atoms with E-state index >= 15 is 0 Å². The first-order valence-electron chi connectivity index (χ1n) is 11.2. The number of aromatic nitrogens is 1. The van der Waals surface area contributed by atoms with E-state index in [2.05, 4.69) is 15.6 Å². The largest absolute Gasteiger partial charge is 0.465 e. The highest BCUT2D eigenvalue weighted by atomic mass is 16.5. The minimum Gasteiger partial charge on any atom is -0.465 e. The number of nitrogens with one attached hydrogen (secondary N) is 2. The highest BCUT2D eigenvalue weighted by Gasteiger charge is 2.23. The molecule has 2 fully saturated rings. The third kappa shape index (κ3) is 5.54. The van der Waals surface area contributed by atoms with Gasteiger partial charge in [-0.2, -0.15) is 0 Å². The van der Waals surface area contributed by atoms with Crippen molar-refractivity contribution in [1.82, 2.24) is 15.2 Å². The Labute approximate surface area is 196 Å². The van der Waals surface area contributed by atoms with E-state index in [-0.39, 0.29) is 17.5 Å². The number of nitrogens with two attached hydrogens (primary N) is 1. The number of primary amides is 1. The molecule has 1 atom stereocenters. The van der Waals surface area contributed by atoms with Crippen LogP contribution in [0.5, 0.6) is 0 Å². The van der Waals surface area contributed by atoms with Crippen LogP contribution in [-0.2, 0) is 4.74 Å². The van der Waals surface area contributed by atoms with Crippen molar-refractivity contribution in [3.05, 3.63) is 47.7 Å². The molecule has 0 saturated carbocycles. The Morgan fingerprint density at radius 3 is 2.53 bits per heavy atom. The number of pyridine rings is 1. The maximum absolute atomic E-state index is 12.7. The maximum Gasteiger partial charge on any atom is 0.404 e. The van der Waals surface area contributed by atoms with Gasteiger partial charge in [0.2, 0.25) is 0 Å². The SMILES string of the molecule is NC(=O)c1cnc(N2CCCC(NC(=O)O)C2)cc1Nc1ccc(C(=O)N2CCOCC2)cc1. The predicted molar refractivity (Wildman–Crippen MR) is 126 cm³/mol. The second-order valence-electron chi connectivity index (χ2n) is 8.29. The molecule has 34 heavy (non-hydrogen) atoms. The van der Waals surface area contributed by atoms with Gasteiger partial charge in [0.25, 0.3) is 11.8 Å². The van der Waals surface area contributed by atoms with Gasteiger partial charge in [-0.05, 0) is 37.1 Å². The molecule has 4 rings (SSSR count). The van der Waals surface area contributed by atoms with Gasteiger partial charge >= 0.3 is 6.09 Å². The quantitative estimate of drug-likeness (QED) is 0.500. The number of benzene rings is 1. The molecule has 2 saturated heterocycles. The molecular formula is C23H28N6O5. The lowest BCUT2D eigenvalue weighted by Gasteiger charge is -2.33. The van der Waals surface area contributed by atoms with E-state index in [1.807, 2.05) is 4.90 Å². The van der Waals surface area contributed by atoms with Gasteiger partial charge < -0.3 is 36.0 Å². The summed E-state index contributed by atoms with van der Waals surface area (Å²) in [7, 11) is 0. The Hall–Kier alpha value is -3.86. The Balaban J connectivity index is 1.50. The average Bonchev–Trinajstić information content (AvgIpc) is 2.84. The van der Waals surface area contributed by atoms with Crippen molar-refractivity contribution in [2.45, 2.75) is 18.9 Å². The summed E-state index contributed by atoms with van der Waals surface area (Å²) in [6.07, 6.45) is 1.93. The number of hydrogen-bond acceptors (Lipinski definition) is 7. The number of carbonyl (C=O) groups is 3. The van der Waals surface area contributed by atoms with E-state index < -0.39 is 12.0 Å². The zero-order chi connectivity index (χ0) is 24.1. The molecule has 1 aromatic carbocycles. The Bertz CT molecular complexity index is 1050. The second kappa shape index (κ2) is 10.4. The molecule has 11 nitrogen and oxygen atoms in total. The normalized spacial score (nSPS) is 18.3. The zero-order valence-electron chi connectivity index (χ0n) is 18.7. The summed E-state index contributed by atoms with van der Waals surface area (Å²) in [5.41, 5.74) is 7.52. The number of anilines is 3. The molecule has 2 aliphatic heterocycles. The molecule has 0 bridgehead atoms. The first-order chi connectivity index (χ1) is 16.4. The van der Waals surface area contributed by atoms with E-state index in [1.54, 1.807) is 35.2 Å². The number of carboxylic acid groups (broad SMARTS) is 1. The van der Waals surface area contributed by atoms with Crippen LogP contribution in [0.25, 0.3) is 0 Å². The minimum atomic E-state index is -1.05. The standard InChI is InChI=1S/C23H28N6O5/c24-21(30)18-13-25-20(29-7-1-2-17(14-29)27-23(32)33)12-19(18)26-16-5-3-15(4-6-16)22(31)28-8-10-34-11-9-28/h3-6,12-13,17,27H,1-2,7-11,14H2,(H2,24,30)(H,25,26)(H,32,33). The number of piperidine rings is 1. The monoisotopic (exact) mass is 468 g/mol. The number of ether oxygens (including phenoxy) is 1. The number of nitrogens with zero attached hydrogens (tertiary/aromatic N) is 3. The highest BCUT2D eigenvalue weighted by molar-refractivity contribution is 5.99. The molecule has 3 heterocycles. The van der Waals surface area contributed by atoms with Crippen LogP contribution >= 0.6 is 0 Å². The van der Waals surface area contributed by atoms with Crippen molar-refractivity contribution in [3.63, 3.8) is 0 Å². The van der Waals surface area contributed by atoms with Crippen LogP contribution in [-0.4, -0.2) is 78.3 Å². The Kier molecular flexibility index (Phi) is 7.12. The van der Waals surface area contributed by atoms with E-state index in [4.69, 9.17) is 15.6 Å². The van der Waals surface area contributed by atoms with E-state index in [9.17, 15) is 14.4 Å². The predicted octanol–water partition coefficient (Wildman–Crippen LogP) is 1.63. The number of carbonyl (C=O) groups excluding carboxylic acids is 2. The molecule has 180 valence electrons. The van der Waals surface area contributed by atoms with Crippen LogP contribution in [0.4, 0.5) is 22.0 Å². The smallest absolute Gasteiger partial charge is 0.404 e. The molecule has 0 aliphatic carbocycles. The van der Waals surface area contributed by atoms with Gasteiger partial charge in [-0.3, -0.25) is 9.59 Å². The number of rotatable bonds is 6. The number of amides is 3. The van der Waals surface area contributed by atoms with Crippen LogP contribution in [0.1, 0.15) is 33.6 Å². The van der Waals surface area contributed by atoms with Crippen molar-refractivity contribution < 1.29 is 24.2 Å². The van der Waals surface area contributed by atoms with Crippen molar-refractivity contribution in [3.8, 4) is 0 Å². The fraction of sp³-hybridized carbons (Fsp3) is 0.391. The van der Waals surface area contributed by atoms with Crippen molar-refractivity contribution in [1.29, 1.82) is 0 Å². The lowest BCUT2D eigenvalue weighted by molar-refractivity contribution is 0.0303. The maximum atomic E-state index is 12.7. The second-order valence-corrected chi connectivity index (χ2v) is 8.29. The Morgan fingerprint density at radius 1 is 1.12 bits per heavy atom. The number of hydrogen-bond donors (Lipinski definition) is 4. The first-order valence-corrected chi connectivity index (χ1v) is 11.2. The van der Waals surface area contributed by atoms with Crippen molar-refractivity contribution >= 4 is 35.1 Å². The fourth-order valence-corrected chi connectivity index (χ4v) is 4.20. The van der Waals surface area contributed by atoms with Crippen LogP contribution < -0.4 is 21.3 Å². The molecule has 0 spiro atoms. The molecule has 3 amide bonds. The molecule has 11 heteroatoms. The van der Waals surface area contributed by atoms with Gasteiger partial charge in [0, 0.05) is 55.7 Å². The minimum absolute atomic E-state index is 0.0477. The first kappa shape index (κ1) is 23.3. The molecule has 5 N–H and O–H groups in total. The van der Waals surface area contributed by atoms with Crippen LogP contribution in [0.15, 0.2) is 36.5 Å².